The summed E-state index contributed by atoms with van der Waals surface area (Å²) in [4.78, 5) is 0. The van der Waals surface area contributed by atoms with Crippen LogP contribution in [0.3, 0.4) is 0 Å². The number of hydrogen-bond acceptors (Lipinski definition) is 2. The molecular formula is C24H39F3O2. The van der Waals surface area contributed by atoms with E-state index in [1.165, 1.54) is 32.1 Å². The summed E-state index contributed by atoms with van der Waals surface area (Å²) in [5.74, 6) is 3.41. The zero-order chi connectivity index (χ0) is 21.0. The van der Waals surface area contributed by atoms with Gasteiger partial charge in [-0.15, -0.1) is 0 Å². The predicted molar refractivity (Wildman–Crippen MR) is 107 cm³/mol. The lowest BCUT2D eigenvalue weighted by molar-refractivity contribution is -0.205. The highest BCUT2D eigenvalue weighted by atomic mass is 19.4. The minimum absolute atomic E-state index is 0.110. The molecule has 0 aromatic carbocycles. The van der Waals surface area contributed by atoms with Crippen molar-refractivity contribution in [1.29, 1.82) is 0 Å². The smallest absolute Gasteiger partial charge is 0.393 e. The highest BCUT2D eigenvalue weighted by Gasteiger charge is 2.59. The third kappa shape index (κ3) is 3.77. The molecule has 0 amide bonds. The number of alkyl halides is 3. The van der Waals surface area contributed by atoms with E-state index in [-0.39, 0.29) is 17.9 Å². The van der Waals surface area contributed by atoms with Crippen LogP contribution in [-0.2, 0) is 0 Å². The van der Waals surface area contributed by atoms with Crippen LogP contribution in [0, 0.1) is 40.4 Å². The summed E-state index contributed by atoms with van der Waals surface area (Å²) in [6.45, 7) is 4.92. The third-order valence-corrected chi connectivity index (χ3v) is 10.2. The normalized spacial score (nSPS) is 48.5. The van der Waals surface area contributed by atoms with Crippen LogP contribution in [0.25, 0.3) is 0 Å². The lowest BCUT2D eigenvalue weighted by Gasteiger charge is -2.61. The van der Waals surface area contributed by atoms with Gasteiger partial charge < -0.3 is 10.2 Å². The molecule has 168 valence electrons. The molecule has 4 rings (SSSR count). The Labute approximate surface area is 173 Å². The summed E-state index contributed by atoms with van der Waals surface area (Å²) in [6, 6.07) is 0. The fourth-order valence-electron chi connectivity index (χ4n) is 8.54. The van der Waals surface area contributed by atoms with Crippen molar-refractivity contribution in [3.63, 3.8) is 0 Å². The van der Waals surface area contributed by atoms with E-state index in [1.54, 1.807) is 0 Å². The van der Waals surface area contributed by atoms with Crippen molar-refractivity contribution in [3.8, 4) is 0 Å². The van der Waals surface area contributed by atoms with E-state index in [2.05, 4.69) is 13.8 Å². The van der Waals surface area contributed by atoms with Crippen LogP contribution in [0.5, 0.6) is 0 Å². The fourth-order valence-corrected chi connectivity index (χ4v) is 8.54. The largest absolute Gasteiger partial charge is 0.414 e. The molecule has 5 heteroatoms. The Hall–Kier alpha value is -0.290. The van der Waals surface area contributed by atoms with Crippen molar-refractivity contribution in [2.45, 2.75) is 109 Å². The molecular weight excluding hydrogens is 377 g/mol. The topological polar surface area (TPSA) is 40.5 Å². The van der Waals surface area contributed by atoms with Gasteiger partial charge in [0.05, 0.1) is 6.10 Å². The van der Waals surface area contributed by atoms with E-state index in [0.717, 1.165) is 43.9 Å². The fraction of sp³-hybridized carbons (Fsp3) is 1.00. The number of fused-ring (bicyclic) bond motifs is 5. The first-order chi connectivity index (χ1) is 13.6. The summed E-state index contributed by atoms with van der Waals surface area (Å²) in [7, 11) is 0. The Bertz CT molecular complexity index is 593. The van der Waals surface area contributed by atoms with Crippen LogP contribution in [0.15, 0.2) is 0 Å². The molecule has 4 aliphatic rings. The van der Waals surface area contributed by atoms with E-state index in [4.69, 9.17) is 0 Å². The average Bonchev–Trinajstić information content (AvgIpc) is 2.98. The molecule has 4 saturated carbocycles. The second kappa shape index (κ2) is 7.69. The van der Waals surface area contributed by atoms with Crippen molar-refractivity contribution < 1.29 is 23.4 Å². The molecule has 0 heterocycles. The van der Waals surface area contributed by atoms with Gasteiger partial charge in [-0.3, -0.25) is 0 Å². The molecule has 2 nitrogen and oxygen atoms in total. The van der Waals surface area contributed by atoms with Gasteiger partial charge in [-0.05, 0) is 111 Å². The summed E-state index contributed by atoms with van der Waals surface area (Å²) in [6.07, 6.45) is 4.80. The molecule has 0 aliphatic heterocycles. The predicted octanol–water partition coefficient (Wildman–Crippen LogP) is 6.10. The number of aliphatic hydroxyl groups is 2. The number of hydrogen-bond donors (Lipinski definition) is 2. The number of halogens is 3. The minimum Gasteiger partial charge on any atom is -0.393 e. The standard InChI is InChI=1S/C24H39F3O2/c1-22-13-11-20-18(8-6-16-14-17(28)10-12-23(16,20)2)19(22)9-7-15(22)4-3-5-21(29)24(25,26)27/h15-21,28-29H,3-14H2,1-2H3/t15-,16?,17-,18-,19?,20?,21?,22+,23-/m0/s1. The van der Waals surface area contributed by atoms with Gasteiger partial charge in [-0.1, -0.05) is 20.3 Å². The first-order valence-electron chi connectivity index (χ1n) is 12.0. The third-order valence-electron chi connectivity index (χ3n) is 10.2. The maximum atomic E-state index is 12.6. The van der Waals surface area contributed by atoms with Gasteiger partial charge in [0.25, 0.3) is 0 Å². The van der Waals surface area contributed by atoms with E-state index >= 15 is 0 Å². The molecule has 9 atom stereocenters. The Morgan fingerprint density at radius 2 is 1.62 bits per heavy atom. The second-order valence-electron chi connectivity index (χ2n) is 11.4. The Balaban J connectivity index is 1.41. The summed E-state index contributed by atoms with van der Waals surface area (Å²) in [5.41, 5.74) is 0.639. The van der Waals surface area contributed by atoms with Gasteiger partial charge in [0.1, 0.15) is 6.10 Å². The Morgan fingerprint density at radius 3 is 2.34 bits per heavy atom. The molecule has 4 unspecified atom stereocenters. The summed E-state index contributed by atoms with van der Waals surface area (Å²) < 4.78 is 37.8. The highest BCUT2D eigenvalue weighted by molar-refractivity contribution is 5.09. The average molecular weight is 417 g/mol. The molecule has 0 spiro atoms. The molecule has 0 bridgehead atoms. The summed E-state index contributed by atoms with van der Waals surface area (Å²) >= 11 is 0. The maximum absolute atomic E-state index is 12.6. The van der Waals surface area contributed by atoms with Crippen LogP contribution < -0.4 is 0 Å². The van der Waals surface area contributed by atoms with Gasteiger partial charge in [0.2, 0.25) is 0 Å². The summed E-state index contributed by atoms with van der Waals surface area (Å²) in [5, 5.41) is 19.5. The van der Waals surface area contributed by atoms with E-state index in [9.17, 15) is 23.4 Å². The molecule has 4 aliphatic carbocycles. The quantitative estimate of drug-likeness (QED) is 0.581. The van der Waals surface area contributed by atoms with Crippen LogP contribution in [0.1, 0.15) is 90.9 Å². The molecule has 0 aromatic heterocycles. The van der Waals surface area contributed by atoms with Gasteiger partial charge in [0.15, 0.2) is 0 Å². The van der Waals surface area contributed by atoms with E-state index in [1.807, 2.05) is 0 Å². The minimum atomic E-state index is -4.48. The van der Waals surface area contributed by atoms with Gasteiger partial charge in [-0.2, -0.15) is 13.2 Å². The molecule has 0 radical (unpaired) electrons. The first kappa shape index (κ1) is 21.9. The van der Waals surface area contributed by atoms with Gasteiger partial charge >= 0.3 is 6.18 Å². The van der Waals surface area contributed by atoms with Gasteiger partial charge in [-0.25, -0.2) is 0 Å². The zero-order valence-corrected chi connectivity index (χ0v) is 18.1. The van der Waals surface area contributed by atoms with Crippen LogP contribution >= 0.6 is 0 Å². The second-order valence-corrected chi connectivity index (χ2v) is 11.4. The SMILES string of the molecule is C[C@]12CC[C@H](O)CC1CC[C@@H]1C2CC[C@@]2(C)C1CC[C@@H]2CCCC(O)C(F)(F)F. The monoisotopic (exact) mass is 416 g/mol. The van der Waals surface area contributed by atoms with Crippen molar-refractivity contribution in [3.05, 3.63) is 0 Å². The molecule has 0 aromatic rings. The Kier molecular flexibility index (Phi) is 5.81. The van der Waals surface area contributed by atoms with Crippen molar-refractivity contribution in [1.82, 2.24) is 0 Å². The number of aliphatic hydroxyl groups excluding tert-OH is 2. The lowest BCUT2D eigenvalue weighted by atomic mass is 9.44. The Morgan fingerprint density at radius 1 is 0.931 bits per heavy atom. The zero-order valence-electron chi connectivity index (χ0n) is 18.1. The van der Waals surface area contributed by atoms with Crippen molar-refractivity contribution >= 4 is 0 Å². The molecule has 2 N–H and O–H groups in total. The number of rotatable bonds is 4. The van der Waals surface area contributed by atoms with Crippen LogP contribution in [0.2, 0.25) is 0 Å². The molecule has 29 heavy (non-hydrogen) atoms. The van der Waals surface area contributed by atoms with Crippen molar-refractivity contribution in [2.75, 3.05) is 0 Å². The van der Waals surface area contributed by atoms with E-state index in [0.29, 0.717) is 29.6 Å². The lowest BCUT2D eigenvalue weighted by Crippen LogP contribution is -2.53. The van der Waals surface area contributed by atoms with Crippen LogP contribution in [0.4, 0.5) is 13.2 Å². The van der Waals surface area contributed by atoms with Crippen LogP contribution in [-0.4, -0.2) is 28.6 Å². The highest BCUT2D eigenvalue weighted by Crippen LogP contribution is 2.67. The molecule has 0 saturated heterocycles. The van der Waals surface area contributed by atoms with Crippen molar-refractivity contribution in [2.24, 2.45) is 40.4 Å². The van der Waals surface area contributed by atoms with E-state index < -0.39 is 12.3 Å². The molecule has 4 fully saturated rings. The van der Waals surface area contributed by atoms with Gasteiger partial charge in [0, 0.05) is 0 Å². The first-order valence-corrected chi connectivity index (χ1v) is 12.0. The maximum Gasteiger partial charge on any atom is 0.414 e.